The Morgan fingerprint density at radius 1 is 1.09 bits per heavy atom. The summed E-state index contributed by atoms with van der Waals surface area (Å²) in [5.74, 6) is -0.204. The number of benzene rings is 2. The molecule has 34 heavy (non-hydrogen) atoms. The summed E-state index contributed by atoms with van der Waals surface area (Å²) < 4.78 is 5.10. The number of aromatic nitrogens is 2. The van der Waals surface area contributed by atoms with Crippen molar-refractivity contribution in [2.75, 3.05) is 6.54 Å². The fraction of sp³-hybridized carbons (Fsp3) is 0.360. The molecular formula is C25H27ClN4O4. The van der Waals surface area contributed by atoms with Gasteiger partial charge in [0, 0.05) is 18.1 Å². The molecule has 2 heterocycles. The lowest BCUT2D eigenvalue weighted by atomic mass is 9.84. The highest BCUT2D eigenvalue weighted by Gasteiger charge is 2.51. The fourth-order valence-corrected chi connectivity index (χ4v) is 4.57. The van der Waals surface area contributed by atoms with E-state index in [1.807, 2.05) is 38.1 Å². The topological polar surface area (TPSA) is 99.8 Å². The highest BCUT2D eigenvalue weighted by molar-refractivity contribution is 6.30. The minimum atomic E-state index is -0.982. The predicted molar refractivity (Wildman–Crippen MR) is 126 cm³/mol. The van der Waals surface area contributed by atoms with Crippen LogP contribution < -0.4 is 0 Å². The van der Waals surface area contributed by atoms with Crippen LogP contribution in [0.2, 0.25) is 5.02 Å². The van der Waals surface area contributed by atoms with E-state index < -0.39 is 11.6 Å². The molecule has 0 saturated carbocycles. The van der Waals surface area contributed by atoms with E-state index in [4.69, 9.17) is 16.0 Å². The SMILES string of the molecule is Cc1cc(C)cc(CC(=O)N2CCC2(C)C(=O)N(Cc2ccc(Cl)cc2)Cc2nnc(O)o2)c1. The van der Waals surface area contributed by atoms with Gasteiger partial charge in [-0.25, -0.2) is 0 Å². The predicted octanol–water partition coefficient (Wildman–Crippen LogP) is 3.81. The molecule has 9 heteroatoms. The number of likely N-dealkylation sites (tertiary alicyclic amines) is 1. The number of halogens is 1. The van der Waals surface area contributed by atoms with Crippen molar-refractivity contribution < 1.29 is 19.1 Å². The first-order valence-corrected chi connectivity index (χ1v) is 11.4. The Morgan fingerprint density at radius 3 is 2.32 bits per heavy atom. The smallest absolute Gasteiger partial charge is 0.412 e. The molecule has 2 amide bonds. The molecule has 0 radical (unpaired) electrons. The Balaban J connectivity index is 1.54. The number of rotatable bonds is 7. The summed E-state index contributed by atoms with van der Waals surface area (Å²) in [5, 5.41) is 17.3. The van der Waals surface area contributed by atoms with E-state index in [1.54, 1.807) is 28.9 Å². The van der Waals surface area contributed by atoms with Crippen LogP contribution in [0.25, 0.3) is 0 Å². The van der Waals surface area contributed by atoms with Gasteiger partial charge in [0.15, 0.2) is 0 Å². The van der Waals surface area contributed by atoms with Crippen LogP contribution in [0.5, 0.6) is 6.08 Å². The lowest BCUT2D eigenvalue weighted by Gasteiger charge is -2.51. The van der Waals surface area contributed by atoms with Crippen LogP contribution in [0.3, 0.4) is 0 Å². The van der Waals surface area contributed by atoms with Crippen LogP contribution in [0.1, 0.15) is 41.5 Å². The molecule has 0 spiro atoms. The molecule has 1 fully saturated rings. The van der Waals surface area contributed by atoms with Gasteiger partial charge in [0.05, 0.1) is 13.0 Å². The minimum absolute atomic E-state index is 0.00369. The molecular weight excluding hydrogens is 456 g/mol. The molecule has 1 aliphatic rings. The molecule has 4 rings (SSSR count). The van der Waals surface area contributed by atoms with E-state index in [1.165, 1.54) is 0 Å². The monoisotopic (exact) mass is 482 g/mol. The quantitative estimate of drug-likeness (QED) is 0.549. The highest BCUT2D eigenvalue weighted by atomic mass is 35.5. The lowest BCUT2D eigenvalue weighted by Crippen LogP contribution is -2.67. The Labute approximate surface area is 203 Å². The largest absolute Gasteiger partial charge is 0.465 e. The number of aryl methyl sites for hydroxylation is 2. The molecule has 1 atom stereocenters. The van der Waals surface area contributed by atoms with Crippen LogP contribution in [0, 0.1) is 13.8 Å². The van der Waals surface area contributed by atoms with E-state index in [0.717, 1.165) is 22.3 Å². The summed E-state index contributed by atoms with van der Waals surface area (Å²) in [6.07, 6.45) is 0.227. The van der Waals surface area contributed by atoms with Crippen LogP contribution >= 0.6 is 11.6 Å². The molecule has 2 aromatic carbocycles. The average Bonchev–Trinajstić information content (AvgIpc) is 3.16. The van der Waals surface area contributed by atoms with Gasteiger partial charge in [-0.15, -0.1) is 5.10 Å². The Hall–Kier alpha value is -3.39. The summed E-state index contributed by atoms with van der Waals surface area (Å²) in [6.45, 7) is 6.57. The maximum absolute atomic E-state index is 13.8. The molecule has 1 aliphatic heterocycles. The number of nitrogens with zero attached hydrogens (tertiary/aromatic N) is 4. The zero-order chi connectivity index (χ0) is 24.5. The molecule has 3 aromatic rings. The normalized spacial score (nSPS) is 17.4. The summed E-state index contributed by atoms with van der Waals surface area (Å²) in [4.78, 5) is 30.2. The van der Waals surface area contributed by atoms with E-state index in [9.17, 15) is 14.7 Å². The summed E-state index contributed by atoms with van der Waals surface area (Å²) in [7, 11) is 0. The van der Waals surface area contributed by atoms with Crippen molar-refractivity contribution in [2.24, 2.45) is 0 Å². The van der Waals surface area contributed by atoms with Crippen molar-refractivity contribution in [3.05, 3.63) is 75.6 Å². The minimum Gasteiger partial charge on any atom is -0.465 e. The van der Waals surface area contributed by atoms with Gasteiger partial charge in [0.1, 0.15) is 5.54 Å². The second-order valence-corrected chi connectivity index (χ2v) is 9.44. The first-order valence-electron chi connectivity index (χ1n) is 11.1. The van der Waals surface area contributed by atoms with Gasteiger partial charge in [-0.05, 0) is 50.5 Å². The second kappa shape index (κ2) is 9.46. The number of carbonyl (C=O) groups is 2. The fourth-order valence-electron chi connectivity index (χ4n) is 4.44. The number of hydrogen-bond donors (Lipinski definition) is 1. The standard InChI is InChI=1S/C25H27ClN4O4/c1-16-10-17(2)12-19(11-16)13-22(31)30-9-8-25(30,3)23(32)29(15-21-27-28-24(33)34-21)14-18-4-6-20(26)7-5-18/h4-7,10-12H,8-9,13-15H2,1-3H3,(H,28,33). The molecule has 0 bridgehead atoms. The molecule has 1 aromatic heterocycles. The maximum atomic E-state index is 13.8. The number of aromatic hydroxyl groups is 1. The van der Waals surface area contributed by atoms with Crippen molar-refractivity contribution in [2.45, 2.75) is 52.2 Å². The van der Waals surface area contributed by atoms with E-state index in [0.29, 0.717) is 18.0 Å². The van der Waals surface area contributed by atoms with Gasteiger partial charge < -0.3 is 19.3 Å². The Bertz CT molecular complexity index is 1190. The van der Waals surface area contributed by atoms with E-state index >= 15 is 0 Å². The van der Waals surface area contributed by atoms with Gasteiger partial charge in [0.2, 0.25) is 17.7 Å². The van der Waals surface area contributed by atoms with Crippen LogP contribution in [0.4, 0.5) is 0 Å². The van der Waals surface area contributed by atoms with Gasteiger partial charge in [0.25, 0.3) is 0 Å². The third kappa shape index (κ3) is 5.07. The first kappa shape index (κ1) is 23.8. The zero-order valence-electron chi connectivity index (χ0n) is 19.4. The van der Waals surface area contributed by atoms with Crippen molar-refractivity contribution in [3.8, 4) is 6.08 Å². The molecule has 1 saturated heterocycles. The molecule has 1 unspecified atom stereocenters. The van der Waals surface area contributed by atoms with Crippen molar-refractivity contribution in [1.82, 2.24) is 20.0 Å². The summed E-state index contributed by atoms with van der Waals surface area (Å²) >= 11 is 6.00. The second-order valence-electron chi connectivity index (χ2n) is 9.01. The van der Waals surface area contributed by atoms with Crippen molar-refractivity contribution in [3.63, 3.8) is 0 Å². The third-order valence-corrected chi connectivity index (χ3v) is 6.42. The van der Waals surface area contributed by atoms with Crippen LogP contribution in [0.15, 0.2) is 46.9 Å². The lowest BCUT2D eigenvalue weighted by molar-refractivity contribution is -0.164. The van der Waals surface area contributed by atoms with Gasteiger partial charge in [-0.3, -0.25) is 9.59 Å². The first-order chi connectivity index (χ1) is 16.1. The Morgan fingerprint density at radius 2 is 1.76 bits per heavy atom. The number of hydrogen-bond acceptors (Lipinski definition) is 6. The van der Waals surface area contributed by atoms with E-state index in [2.05, 4.69) is 16.3 Å². The van der Waals surface area contributed by atoms with Gasteiger partial charge in [-0.2, -0.15) is 0 Å². The van der Waals surface area contributed by atoms with Crippen molar-refractivity contribution in [1.29, 1.82) is 0 Å². The zero-order valence-corrected chi connectivity index (χ0v) is 20.2. The number of amides is 2. The highest BCUT2D eigenvalue weighted by Crippen LogP contribution is 2.34. The van der Waals surface area contributed by atoms with Gasteiger partial charge >= 0.3 is 6.08 Å². The molecule has 0 aliphatic carbocycles. The molecule has 1 N–H and O–H groups in total. The third-order valence-electron chi connectivity index (χ3n) is 6.17. The maximum Gasteiger partial charge on any atom is 0.412 e. The molecule has 8 nitrogen and oxygen atoms in total. The van der Waals surface area contributed by atoms with E-state index in [-0.39, 0.29) is 37.2 Å². The summed E-state index contributed by atoms with van der Waals surface area (Å²) in [6, 6.07) is 13.2. The average molecular weight is 483 g/mol. The van der Waals surface area contributed by atoms with Crippen LogP contribution in [-0.4, -0.2) is 49.0 Å². The summed E-state index contributed by atoms with van der Waals surface area (Å²) in [5.41, 5.74) is 3.01. The van der Waals surface area contributed by atoms with Crippen molar-refractivity contribution >= 4 is 23.4 Å². The van der Waals surface area contributed by atoms with Crippen LogP contribution in [-0.2, 0) is 29.1 Å². The Kier molecular flexibility index (Phi) is 6.61. The van der Waals surface area contributed by atoms with Gasteiger partial charge in [-0.1, -0.05) is 58.2 Å². The molecule has 178 valence electrons. The number of carbonyl (C=O) groups excluding carboxylic acids is 2.